The summed E-state index contributed by atoms with van der Waals surface area (Å²) in [5.74, 6) is -1.17. The maximum atomic E-state index is 11.6. The average molecular weight is 271 g/mol. The number of nitrogens with two attached hydrogens (primary N) is 1. The fourth-order valence-electron chi connectivity index (χ4n) is 1.38. The lowest BCUT2D eigenvalue weighted by molar-refractivity contribution is -0.127. The van der Waals surface area contributed by atoms with Crippen LogP contribution in [0, 0.1) is 6.92 Å². The van der Waals surface area contributed by atoms with Crippen molar-refractivity contribution in [3.63, 3.8) is 0 Å². The zero-order valence-electron chi connectivity index (χ0n) is 9.94. The van der Waals surface area contributed by atoms with Gasteiger partial charge >= 0.3 is 0 Å². The summed E-state index contributed by atoms with van der Waals surface area (Å²) in [5.41, 5.74) is 6.65. The van der Waals surface area contributed by atoms with Gasteiger partial charge in [0.25, 0.3) is 0 Å². The Balaban J connectivity index is 2.64. The maximum absolute atomic E-state index is 11.6. The van der Waals surface area contributed by atoms with Crippen molar-refractivity contribution in [3.05, 3.63) is 34.3 Å². The van der Waals surface area contributed by atoms with Gasteiger partial charge in [-0.2, -0.15) is 0 Å². The highest BCUT2D eigenvalue weighted by atomic mass is 35.5. The molecule has 0 spiro atoms. The van der Waals surface area contributed by atoms with Crippen LogP contribution in [-0.4, -0.2) is 29.6 Å². The molecule has 0 aromatic heterocycles. The Labute approximate surface area is 110 Å². The quantitative estimate of drug-likeness (QED) is 0.711. The fourth-order valence-corrected chi connectivity index (χ4v) is 1.59. The molecule has 1 atom stereocenters. The summed E-state index contributed by atoms with van der Waals surface area (Å²) in [7, 11) is 0. The number of nitrogens with one attached hydrogen (secondary N) is 1. The van der Waals surface area contributed by atoms with E-state index in [0.29, 0.717) is 5.02 Å². The van der Waals surface area contributed by atoms with Crippen molar-refractivity contribution < 1.29 is 14.7 Å². The predicted molar refractivity (Wildman–Crippen MR) is 68.1 cm³/mol. The topological polar surface area (TPSA) is 92.4 Å². The number of rotatable bonds is 5. The lowest BCUT2D eigenvalue weighted by Gasteiger charge is -2.12. The molecule has 98 valence electrons. The second kappa shape index (κ2) is 6.37. The monoisotopic (exact) mass is 270 g/mol. The Bertz CT molecular complexity index is 463. The first-order valence-corrected chi connectivity index (χ1v) is 5.76. The van der Waals surface area contributed by atoms with Gasteiger partial charge in [0.2, 0.25) is 11.8 Å². The van der Waals surface area contributed by atoms with Crippen LogP contribution in [0.3, 0.4) is 0 Å². The molecule has 0 bridgehead atoms. The van der Waals surface area contributed by atoms with Gasteiger partial charge in [-0.3, -0.25) is 9.59 Å². The molecule has 0 radical (unpaired) electrons. The zero-order valence-corrected chi connectivity index (χ0v) is 10.7. The molecule has 1 rings (SSSR count). The van der Waals surface area contributed by atoms with Crippen molar-refractivity contribution in [1.82, 2.24) is 5.32 Å². The summed E-state index contributed by atoms with van der Waals surface area (Å²) in [5, 5.41) is 11.8. The first-order valence-electron chi connectivity index (χ1n) is 5.38. The first-order chi connectivity index (χ1) is 8.43. The average Bonchev–Trinajstić information content (AvgIpc) is 2.30. The molecule has 4 N–H and O–H groups in total. The number of halogens is 1. The van der Waals surface area contributed by atoms with Crippen LogP contribution in [0.5, 0.6) is 0 Å². The number of carbonyl (C=O) groups is 2. The van der Waals surface area contributed by atoms with E-state index >= 15 is 0 Å². The molecule has 6 heteroatoms. The van der Waals surface area contributed by atoms with E-state index in [1.165, 1.54) is 0 Å². The van der Waals surface area contributed by atoms with Crippen molar-refractivity contribution in [3.8, 4) is 0 Å². The van der Waals surface area contributed by atoms with Crippen molar-refractivity contribution in [2.45, 2.75) is 19.4 Å². The van der Waals surface area contributed by atoms with E-state index in [2.05, 4.69) is 5.32 Å². The lowest BCUT2D eigenvalue weighted by atomic mass is 10.1. The number of aliphatic hydroxyl groups excluding tert-OH is 1. The van der Waals surface area contributed by atoms with Crippen molar-refractivity contribution in [2.75, 3.05) is 6.61 Å². The Hall–Kier alpha value is -1.59. The summed E-state index contributed by atoms with van der Waals surface area (Å²) < 4.78 is 0. The second-order valence-corrected chi connectivity index (χ2v) is 4.37. The molecule has 18 heavy (non-hydrogen) atoms. The van der Waals surface area contributed by atoms with Crippen LogP contribution >= 0.6 is 11.6 Å². The van der Waals surface area contributed by atoms with Crippen molar-refractivity contribution in [1.29, 1.82) is 0 Å². The molecular formula is C12H15ClN2O3. The Morgan fingerprint density at radius 1 is 1.50 bits per heavy atom. The van der Waals surface area contributed by atoms with Crippen LogP contribution < -0.4 is 11.1 Å². The van der Waals surface area contributed by atoms with E-state index in [1.807, 2.05) is 13.0 Å². The van der Waals surface area contributed by atoms with Gasteiger partial charge in [0.15, 0.2) is 0 Å². The minimum atomic E-state index is -1.06. The van der Waals surface area contributed by atoms with Crippen LogP contribution in [0.1, 0.15) is 11.1 Å². The normalized spacial score (nSPS) is 11.9. The van der Waals surface area contributed by atoms with Gasteiger partial charge in [-0.15, -0.1) is 0 Å². The molecule has 5 nitrogen and oxygen atoms in total. The standard InChI is InChI=1S/C12H15ClN2O3/c1-7-2-3-8(4-9(7)13)5-11(17)15-10(6-16)12(14)18/h2-4,10,16H,5-6H2,1H3,(H2,14,18)(H,15,17)/t10-/m0/s1. The lowest BCUT2D eigenvalue weighted by Crippen LogP contribution is -2.47. The highest BCUT2D eigenvalue weighted by Gasteiger charge is 2.16. The molecule has 0 saturated heterocycles. The molecule has 0 unspecified atom stereocenters. The molecule has 0 heterocycles. The van der Waals surface area contributed by atoms with Gasteiger partial charge < -0.3 is 16.2 Å². The SMILES string of the molecule is Cc1ccc(CC(=O)N[C@@H](CO)C(N)=O)cc1Cl. The number of carbonyl (C=O) groups excluding carboxylic acids is 2. The second-order valence-electron chi connectivity index (χ2n) is 3.97. The van der Waals surface area contributed by atoms with E-state index in [1.54, 1.807) is 12.1 Å². The fraction of sp³-hybridized carbons (Fsp3) is 0.333. The molecular weight excluding hydrogens is 256 g/mol. The van der Waals surface area contributed by atoms with E-state index < -0.39 is 24.5 Å². The van der Waals surface area contributed by atoms with Gasteiger partial charge in [0, 0.05) is 5.02 Å². The molecule has 0 aliphatic carbocycles. The van der Waals surface area contributed by atoms with Crippen LogP contribution in [-0.2, 0) is 16.0 Å². The van der Waals surface area contributed by atoms with E-state index in [4.69, 9.17) is 22.4 Å². The third kappa shape index (κ3) is 4.01. The number of aliphatic hydroxyl groups is 1. The van der Waals surface area contributed by atoms with Gasteiger partial charge in [-0.05, 0) is 24.1 Å². The predicted octanol–water partition coefficient (Wildman–Crippen LogP) is 0.153. The van der Waals surface area contributed by atoms with Crippen LogP contribution in [0.4, 0.5) is 0 Å². The van der Waals surface area contributed by atoms with Crippen molar-refractivity contribution in [2.24, 2.45) is 5.73 Å². The van der Waals surface area contributed by atoms with E-state index in [9.17, 15) is 9.59 Å². The number of benzene rings is 1. The Kier molecular flexibility index (Phi) is 5.12. The third-order valence-electron chi connectivity index (χ3n) is 2.46. The first kappa shape index (κ1) is 14.5. The summed E-state index contributed by atoms with van der Waals surface area (Å²) in [6, 6.07) is 4.22. The third-order valence-corrected chi connectivity index (χ3v) is 2.87. The molecule has 0 aliphatic heterocycles. The van der Waals surface area contributed by atoms with Gasteiger partial charge in [0.05, 0.1) is 13.0 Å². The van der Waals surface area contributed by atoms with E-state index in [0.717, 1.165) is 11.1 Å². The highest BCUT2D eigenvalue weighted by molar-refractivity contribution is 6.31. The van der Waals surface area contributed by atoms with Crippen LogP contribution in [0.15, 0.2) is 18.2 Å². The number of primary amides is 1. The zero-order chi connectivity index (χ0) is 13.7. The molecule has 2 amide bonds. The van der Waals surface area contributed by atoms with Gasteiger partial charge in [-0.1, -0.05) is 23.7 Å². The highest BCUT2D eigenvalue weighted by Crippen LogP contribution is 2.16. The number of hydrogen-bond acceptors (Lipinski definition) is 3. The summed E-state index contributed by atoms with van der Waals surface area (Å²) >= 11 is 5.93. The number of hydrogen-bond donors (Lipinski definition) is 3. The summed E-state index contributed by atoms with van der Waals surface area (Å²) in [6.45, 7) is 1.34. The molecule has 1 aromatic rings. The number of aryl methyl sites for hydroxylation is 1. The van der Waals surface area contributed by atoms with E-state index in [-0.39, 0.29) is 6.42 Å². The minimum Gasteiger partial charge on any atom is -0.394 e. The van der Waals surface area contributed by atoms with Crippen LogP contribution in [0.25, 0.3) is 0 Å². The summed E-state index contributed by atoms with van der Waals surface area (Å²) in [6.07, 6.45) is 0.0732. The van der Waals surface area contributed by atoms with Crippen LogP contribution in [0.2, 0.25) is 5.02 Å². The Morgan fingerprint density at radius 2 is 2.17 bits per heavy atom. The smallest absolute Gasteiger partial charge is 0.242 e. The molecule has 1 aromatic carbocycles. The Morgan fingerprint density at radius 3 is 2.67 bits per heavy atom. The number of amides is 2. The molecule has 0 fully saturated rings. The largest absolute Gasteiger partial charge is 0.394 e. The maximum Gasteiger partial charge on any atom is 0.242 e. The van der Waals surface area contributed by atoms with Gasteiger partial charge in [0.1, 0.15) is 6.04 Å². The van der Waals surface area contributed by atoms with Crippen molar-refractivity contribution >= 4 is 23.4 Å². The minimum absolute atomic E-state index is 0.0732. The molecule has 0 aliphatic rings. The molecule has 0 saturated carbocycles. The summed E-state index contributed by atoms with van der Waals surface area (Å²) in [4.78, 5) is 22.5. The van der Waals surface area contributed by atoms with Gasteiger partial charge in [-0.25, -0.2) is 0 Å².